The molecule has 59 heavy (non-hydrogen) atoms. The standard InChI is InChI=1S/C56H61BN2/c1-34-25-49-51-50(26-34)59(46-24-20-38(27-35(46)2)52(3,4)5)47-23-19-37(36-17-15-14-16-18-36)28-44(47)57(51)45-30-42-43(56(12,13)33-55(42,10)11)31-48(45)58(49)39-21-22-40-41(29-39)54(8,9)32-53(40,6)7/h14-31H,32-33H2,1-13H3/i1D3. The molecule has 0 saturated heterocycles. The lowest BCUT2D eigenvalue weighted by Crippen LogP contribution is -2.61. The second kappa shape index (κ2) is 12.3. The van der Waals surface area contributed by atoms with E-state index in [-0.39, 0.29) is 33.8 Å². The number of hydrogen-bond donors (Lipinski definition) is 0. The Morgan fingerprint density at radius 2 is 1.12 bits per heavy atom. The molecule has 0 bridgehead atoms. The number of aryl methyl sites for hydroxylation is 2. The van der Waals surface area contributed by atoms with Crippen molar-refractivity contribution < 1.29 is 4.11 Å². The SMILES string of the molecule is [2H]C([2H])([2H])c1cc2c3c(c1)N(c1ccc(C(C)(C)C)cc1C)c1ccc(-c4ccccc4)cc1B3c1cc3c(cc1N2c1ccc2c(c1)C(C)(C)CC2(C)C)C(C)(C)CC3(C)C. The number of anilines is 6. The average Bonchev–Trinajstić information content (AvgIpc) is 3.49. The maximum atomic E-state index is 9.01. The van der Waals surface area contributed by atoms with Crippen molar-refractivity contribution in [3.8, 4) is 11.1 Å². The summed E-state index contributed by atoms with van der Waals surface area (Å²) in [6, 6.07) is 40.7. The number of rotatable bonds is 3. The molecule has 2 heterocycles. The van der Waals surface area contributed by atoms with Gasteiger partial charge in [0, 0.05) is 38.2 Å². The summed E-state index contributed by atoms with van der Waals surface area (Å²) in [4.78, 5) is 4.83. The molecule has 2 aliphatic heterocycles. The van der Waals surface area contributed by atoms with Gasteiger partial charge in [0.15, 0.2) is 0 Å². The van der Waals surface area contributed by atoms with Crippen LogP contribution in [-0.2, 0) is 27.1 Å². The van der Waals surface area contributed by atoms with Gasteiger partial charge in [-0.25, -0.2) is 0 Å². The van der Waals surface area contributed by atoms with Crippen molar-refractivity contribution in [1.82, 2.24) is 0 Å². The Hall–Kier alpha value is -5.02. The molecular weight excluding hydrogens is 711 g/mol. The van der Waals surface area contributed by atoms with Crippen LogP contribution in [0.1, 0.15) is 132 Å². The third-order valence-electron chi connectivity index (χ3n) is 14.6. The highest BCUT2D eigenvalue weighted by molar-refractivity contribution is 7.00. The summed E-state index contributed by atoms with van der Waals surface area (Å²) in [5.41, 5.74) is 20.6. The van der Waals surface area contributed by atoms with E-state index in [1.807, 2.05) is 12.1 Å². The van der Waals surface area contributed by atoms with Crippen LogP contribution in [0.2, 0.25) is 0 Å². The van der Waals surface area contributed by atoms with E-state index < -0.39 is 6.85 Å². The minimum Gasteiger partial charge on any atom is -0.311 e. The molecule has 0 aromatic heterocycles. The molecule has 4 aliphatic rings. The largest absolute Gasteiger partial charge is 0.311 e. The van der Waals surface area contributed by atoms with Crippen LogP contribution in [-0.4, -0.2) is 6.71 Å². The average molecular weight is 776 g/mol. The lowest BCUT2D eigenvalue weighted by Gasteiger charge is -2.45. The van der Waals surface area contributed by atoms with E-state index in [0.29, 0.717) is 5.56 Å². The molecule has 298 valence electrons. The Morgan fingerprint density at radius 3 is 1.76 bits per heavy atom. The number of benzene rings is 6. The van der Waals surface area contributed by atoms with Crippen molar-refractivity contribution in [2.45, 2.75) is 130 Å². The van der Waals surface area contributed by atoms with Crippen molar-refractivity contribution in [3.05, 3.63) is 148 Å². The Balaban J connectivity index is 1.35. The van der Waals surface area contributed by atoms with Crippen LogP contribution >= 0.6 is 0 Å². The fourth-order valence-electron chi connectivity index (χ4n) is 12.3. The highest BCUT2D eigenvalue weighted by Gasteiger charge is 2.49. The first-order chi connectivity index (χ1) is 28.9. The molecule has 2 aliphatic carbocycles. The van der Waals surface area contributed by atoms with Crippen LogP contribution in [0.15, 0.2) is 109 Å². The Bertz CT molecular complexity index is 2860. The summed E-state index contributed by atoms with van der Waals surface area (Å²) in [5, 5.41) is 0. The number of hydrogen-bond acceptors (Lipinski definition) is 2. The predicted molar refractivity (Wildman–Crippen MR) is 255 cm³/mol. The van der Waals surface area contributed by atoms with Crippen LogP contribution < -0.4 is 26.2 Å². The normalized spacial score (nSPS) is 19.5. The van der Waals surface area contributed by atoms with E-state index in [9.17, 15) is 0 Å². The molecule has 0 unspecified atom stereocenters. The molecule has 3 heteroatoms. The van der Waals surface area contributed by atoms with Gasteiger partial charge in [-0.2, -0.15) is 0 Å². The number of fused-ring (bicyclic) bond motifs is 6. The second-order valence-electron chi connectivity index (χ2n) is 22.0. The summed E-state index contributed by atoms with van der Waals surface area (Å²) >= 11 is 0. The lowest BCUT2D eigenvalue weighted by atomic mass is 9.33. The van der Waals surface area contributed by atoms with Gasteiger partial charge < -0.3 is 9.80 Å². The van der Waals surface area contributed by atoms with Crippen LogP contribution in [0, 0.1) is 13.8 Å². The third kappa shape index (κ3) is 5.66. The van der Waals surface area contributed by atoms with Crippen LogP contribution in [0.4, 0.5) is 34.1 Å². The molecule has 2 nitrogen and oxygen atoms in total. The second-order valence-corrected chi connectivity index (χ2v) is 22.0. The zero-order chi connectivity index (χ0) is 44.3. The van der Waals surface area contributed by atoms with Crippen molar-refractivity contribution in [2.75, 3.05) is 9.80 Å². The van der Waals surface area contributed by atoms with Gasteiger partial charge >= 0.3 is 0 Å². The quantitative estimate of drug-likeness (QED) is 0.165. The lowest BCUT2D eigenvalue weighted by molar-refractivity contribution is 0.403. The van der Waals surface area contributed by atoms with Crippen LogP contribution in [0.5, 0.6) is 0 Å². The molecule has 0 radical (unpaired) electrons. The van der Waals surface area contributed by atoms with Gasteiger partial charge in [0.25, 0.3) is 6.71 Å². The zero-order valence-corrected chi connectivity index (χ0v) is 37.3. The highest BCUT2D eigenvalue weighted by Crippen LogP contribution is 2.55. The molecule has 0 spiro atoms. The van der Waals surface area contributed by atoms with E-state index in [1.54, 1.807) is 0 Å². The summed E-state index contributed by atoms with van der Waals surface area (Å²) < 4.78 is 27.0. The van der Waals surface area contributed by atoms with E-state index in [1.165, 1.54) is 49.9 Å². The zero-order valence-electron chi connectivity index (χ0n) is 40.3. The molecule has 0 fully saturated rings. The molecule has 0 saturated carbocycles. The fourth-order valence-corrected chi connectivity index (χ4v) is 12.3. The molecular formula is C56H61BN2. The summed E-state index contributed by atoms with van der Waals surface area (Å²) in [7, 11) is 0. The first-order valence-electron chi connectivity index (χ1n) is 23.3. The maximum Gasteiger partial charge on any atom is 0.252 e. The maximum absolute atomic E-state index is 9.01. The first kappa shape index (κ1) is 34.8. The van der Waals surface area contributed by atoms with Gasteiger partial charge in [0.2, 0.25) is 0 Å². The van der Waals surface area contributed by atoms with Gasteiger partial charge in [-0.15, -0.1) is 0 Å². The van der Waals surface area contributed by atoms with Gasteiger partial charge in [-0.1, -0.05) is 143 Å². The molecule has 0 amide bonds. The Kier molecular flexibility index (Phi) is 7.24. The smallest absolute Gasteiger partial charge is 0.252 e. The van der Waals surface area contributed by atoms with E-state index in [2.05, 4.69) is 190 Å². The molecule has 0 N–H and O–H groups in total. The van der Waals surface area contributed by atoms with Gasteiger partial charge in [-0.3, -0.25) is 0 Å². The minimum atomic E-state index is -2.34. The third-order valence-corrected chi connectivity index (χ3v) is 14.6. The van der Waals surface area contributed by atoms with Crippen molar-refractivity contribution in [1.29, 1.82) is 0 Å². The van der Waals surface area contributed by atoms with E-state index in [4.69, 9.17) is 4.11 Å². The monoisotopic (exact) mass is 776 g/mol. The fraction of sp³-hybridized carbons (Fsp3) is 0.357. The number of nitrogens with zero attached hydrogens (tertiary/aromatic N) is 2. The Morgan fingerprint density at radius 1 is 0.525 bits per heavy atom. The van der Waals surface area contributed by atoms with Crippen LogP contribution in [0.3, 0.4) is 0 Å². The van der Waals surface area contributed by atoms with Crippen molar-refractivity contribution in [3.63, 3.8) is 0 Å². The van der Waals surface area contributed by atoms with E-state index in [0.717, 1.165) is 58.0 Å². The molecule has 10 rings (SSSR count). The van der Waals surface area contributed by atoms with Crippen molar-refractivity contribution in [2.24, 2.45) is 0 Å². The van der Waals surface area contributed by atoms with Gasteiger partial charge in [-0.05, 0) is 163 Å². The highest BCUT2D eigenvalue weighted by atomic mass is 15.2. The predicted octanol–water partition coefficient (Wildman–Crippen LogP) is 13.3. The van der Waals surface area contributed by atoms with Gasteiger partial charge in [0.05, 0.1) is 0 Å². The van der Waals surface area contributed by atoms with Gasteiger partial charge in [0.1, 0.15) is 0 Å². The topological polar surface area (TPSA) is 6.48 Å². The molecule has 0 atom stereocenters. The Labute approximate surface area is 359 Å². The molecule has 6 aromatic carbocycles. The van der Waals surface area contributed by atoms with Crippen LogP contribution in [0.25, 0.3) is 11.1 Å². The van der Waals surface area contributed by atoms with E-state index >= 15 is 0 Å². The summed E-state index contributed by atoms with van der Waals surface area (Å²) in [6.07, 6.45) is 2.12. The van der Waals surface area contributed by atoms with Crippen molar-refractivity contribution >= 4 is 57.2 Å². The molecule has 6 aromatic rings. The minimum absolute atomic E-state index is 0.0137. The first-order valence-corrected chi connectivity index (χ1v) is 21.8. The summed E-state index contributed by atoms with van der Waals surface area (Å²) in [6.45, 7) is 25.6. The summed E-state index contributed by atoms with van der Waals surface area (Å²) in [5.74, 6) is 0.